The molecule has 0 spiro atoms. The second-order valence-corrected chi connectivity index (χ2v) is 4.49. The first kappa shape index (κ1) is 12.8. The van der Waals surface area contributed by atoms with E-state index in [0.717, 1.165) is 5.39 Å². The number of nitrogens with zero attached hydrogens (tertiary/aromatic N) is 3. The molecule has 0 atom stereocenters. The van der Waals surface area contributed by atoms with Crippen LogP contribution in [0, 0.1) is 0 Å². The fourth-order valence-electron chi connectivity index (χ4n) is 1.83. The van der Waals surface area contributed by atoms with Crippen molar-refractivity contribution in [3.05, 3.63) is 53.4 Å². The summed E-state index contributed by atoms with van der Waals surface area (Å²) in [5.41, 5.74) is 6.92. The van der Waals surface area contributed by atoms with E-state index in [4.69, 9.17) is 22.1 Å². The predicted octanol–water partition coefficient (Wildman–Crippen LogP) is 2.93. The van der Waals surface area contributed by atoms with E-state index in [0.29, 0.717) is 28.5 Å². The molecule has 3 aromatic rings. The van der Waals surface area contributed by atoms with Crippen LogP contribution < -0.4 is 10.5 Å². The second-order valence-electron chi connectivity index (χ2n) is 4.08. The molecular weight excluding hydrogens is 276 g/mol. The van der Waals surface area contributed by atoms with Gasteiger partial charge < -0.3 is 10.5 Å². The smallest absolute Gasteiger partial charge is 0.322 e. The number of nitrogens with two attached hydrogens (primary N) is 1. The van der Waals surface area contributed by atoms with Crippen LogP contribution in [0.5, 0.6) is 11.8 Å². The molecule has 0 unspecified atom stereocenters. The van der Waals surface area contributed by atoms with Gasteiger partial charge in [-0.25, -0.2) is 4.98 Å². The molecule has 100 valence electrons. The minimum absolute atomic E-state index is 0.238. The predicted molar refractivity (Wildman–Crippen MR) is 76.8 cm³/mol. The van der Waals surface area contributed by atoms with Crippen LogP contribution >= 0.6 is 11.6 Å². The zero-order chi connectivity index (χ0) is 13.9. The Morgan fingerprint density at radius 2 is 2.00 bits per heavy atom. The third kappa shape index (κ3) is 2.41. The maximum Gasteiger partial charge on any atom is 0.322 e. The summed E-state index contributed by atoms with van der Waals surface area (Å²) in [5, 5.41) is 1.44. The third-order valence-electron chi connectivity index (χ3n) is 2.78. The fourth-order valence-corrected chi connectivity index (χ4v) is 2.05. The maximum atomic E-state index is 6.14. The zero-order valence-corrected chi connectivity index (χ0v) is 11.2. The number of hydrogen-bond donors (Lipinski definition) is 1. The van der Waals surface area contributed by atoms with Gasteiger partial charge in [0.25, 0.3) is 0 Å². The molecule has 0 saturated carbocycles. The van der Waals surface area contributed by atoms with Gasteiger partial charge in [0.1, 0.15) is 5.52 Å². The van der Waals surface area contributed by atoms with Gasteiger partial charge in [-0.2, -0.15) is 4.98 Å². The first-order valence-corrected chi connectivity index (χ1v) is 6.39. The average molecular weight is 287 g/mol. The van der Waals surface area contributed by atoms with Crippen LogP contribution in [-0.2, 0) is 6.54 Å². The minimum Gasteiger partial charge on any atom is -0.422 e. The lowest BCUT2D eigenvalue weighted by molar-refractivity contribution is 0.443. The highest BCUT2D eigenvalue weighted by molar-refractivity contribution is 6.35. The lowest BCUT2D eigenvalue weighted by atomic mass is 10.2. The Bertz CT molecular complexity index is 763. The SMILES string of the molecule is NCc1ccnc(Oc2ccc(Cl)c3cccnc23)n1. The van der Waals surface area contributed by atoms with E-state index in [-0.39, 0.29) is 6.01 Å². The lowest BCUT2D eigenvalue weighted by Crippen LogP contribution is -2.02. The first-order valence-electron chi connectivity index (χ1n) is 6.01. The zero-order valence-electron chi connectivity index (χ0n) is 10.5. The van der Waals surface area contributed by atoms with Crippen LogP contribution in [-0.4, -0.2) is 15.0 Å². The lowest BCUT2D eigenvalue weighted by Gasteiger charge is -2.08. The number of fused-ring (bicyclic) bond motifs is 1. The normalized spacial score (nSPS) is 10.7. The standard InChI is InChI=1S/C14H11ClN4O/c15-11-3-4-12(13-10(11)2-1-6-17-13)20-14-18-7-5-9(8-16)19-14/h1-7H,8,16H2. The van der Waals surface area contributed by atoms with Crippen LogP contribution in [0.2, 0.25) is 5.02 Å². The minimum atomic E-state index is 0.238. The fraction of sp³-hybridized carbons (Fsp3) is 0.0714. The number of rotatable bonds is 3. The van der Waals surface area contributed by atoms with Crippen LogP contribution in [0.15, 0.2) is 42.7 Å². The van der Waals surface area contributed by atoms with Crippen molar-refractivity contribution in [3.63, 3.8) is 0 Å². The summed E-state index contributed by atoms with van der Waals surface area (Å²) in [5.74, 6) is 0.555. The van der Waals surface area contributed by atoms with Crippen LogP contribution in [0.1, 0.15) is 5.69 Å². The van der Waals surface area contributed by atoms with Crippen molar-refractivity contribution in [2.45, 2.75) is 6.54 Å². The van der Waals surface area contributed by atoms with E-state index < -0.39 is 0 Å². The molecule has 0 amide bonds. The average Bonchev–Trinajstić information content (AvgIpc) is 2.51. The molecule has 5 nitrogen and oxygen atoms in total. The van der Waals surface area contributed by atoms with Crippen molar-refractivity contribution >= 4 is 22.5 Å². The summed E-state index contributed by atoms with van der Waals surface area (Å²) >= 11 is 6.14. The first-order chi connectivity index (χ1) is 9.78. The monoisotopic (exact) mass is 286 g/mol. The molecule has 0 aliphatic heterocycles. The summed E-state index contributed by atoms with van der Waals surface area (Å²) in [6.07, 6.45) is 3.29. The molecule has 3 rings (SSSR count). The largest absolute Gasteiger partial charge is 0.422 e. The van der Waals surface area contributed by atoms with Gasteiger partial charge in [0.2, 0.25) is 0 Å². The molecule has 0 aliphatic rings. The van der Waals surface area contributed by atoms with Crippen LogP contribution in [0.3, 0.4) is 0 Å². The van der Waals surface area contributed by atoms with E-state index in [1.54, 1.807) is 30.6 Å². The molecule has 1 aromatic carbocycles. The molecule has 6 heteroatoms. The number of ether oxygens (including phenoxy) is 1. The molecule has 2 N–H and O–H groups in total. The molecule has 20 heavy (non-hydrogen) atoms. The van der Waals surface area contributed by atoms with Gasteiger partial charge in [-0.1, -0.05) is 11.6 Å². The molecule has 0 saturated heterocycles. The van der Waals surface area contributed by atoms with Gasteiger partial charge in [-0.3, -0.25) is 4.98 Å². The molecule has 0 fully saturated rings. The molecule has 0 bridgehead atoms. The van der Waals surface area contributed by atoms with Gasteiger partial charge >= 0.3 is 6.01 Å². The third-order valence-corrected chi connectivity index (χ3v) is 3.11. The van der Waals surface area contributed by atoms with Crippen LogP contribution in [0.4, 0.5) is 0 Å². The summed E-state index contributed by atoms with van der Waals surface area (Å²) < 4.78 is 5.69. The number of pyridine rings is 1. The maximum absolute atomic E-state index is 6.14. The van der Waals surface area contributed by atoms with Crippen molar-refractivity contribution in [2.75, 3.05) is 0 Å². The van der Waals surface area contributed by atoms with Gasteiger partial charge in [-0.05, 0) is 30.3 Å². The Kier molecular flexibility index (Phi) is 3.45. The highest BCUT2D eigenvalue weighted by Gasteiger charge is 2.09. The molecule has 2 aromatic heterocycles. The van der Waals surface area contributed by atoms with Crippen molar-refractivity contribution in [1.82, 2.24) is 15.0 Å². The highest BCUT2D eigenvalue weighted by Crippen LogP contribution is 2.31. The topological polar surface area (TPSA) is 73.9 Å². The Morgan fingerprint density at radius 3 is 2.85 bits per heavy atom. The Hall–Kier alpha value is -2.24. The van der Waals surface area contributed by atoms with Gasteiger partial charge in [0.05, 0.1) is 10.7 Å². The Labute approximate surface area is 120 Å². The quantitative estimate of drug-likeness (QED) is 0.801. The summed E-state index contributed by atoms with van der Waals surface area (Å²) in [7, 11) is 0. The van der Waals surface area contributed by atoms with Crippen LogP contribution in [0.25, 0.3) is 10.9 Å². The van der Waals surface area contributed by atoms with E-state index in [2.05, 4.69) is 15.0 Å². The van der Waals surface area contributed by atoms with E-state index >= 15 is 0 Å². The molecule has 2 heterocycles. The summed E-state index contributed by atoms with van der Waals surface area (Å²) in [6, 6.07) is 9.19. The van der Waals surface area contributed by atoms with E-state index in [1.165, 1.54) is 0 Å². The van der Waals surface area contributed by atoms with Crippen molar-refractivity contribution in [2.24, 2.45) is 5.73 Å². The van der Waals surface area contributed by atoms with Gasteiger partial charge in [-0.15, -0.1) is 0 Å². The summed E-state index contributed by atoms with van der Waals surface area (Å²) in [4.78, 5) is 12.5. The number of halogens is 1. The molecule has 0 radical (unpaired) electrons. The summed E-state index contributed by atoms with van der Waals surface area (Å²) in [6.45, 7) is 0.332. The van der Waals surface area contributed by atoms with Crippen molar-refractivity contribution in [3.8, 4) is 11.8 Å². The molecule has 0 aliphatic carbocycles. The van der Waals surface area contributed by atoms with Gasteiger partial charge in [0.15, 0.2) is 5.75 Å². The number of hydrogen-bond acceptors (Lipinski definition) is 5. The second kappa shape index (κ2) is 5.40. The van der Waals surface area contributed by atoms with Crippen molar-refractivity contribution in [1.29, 1.82) is 0 Å². The Morgan fingerprint density at radius 1 is 1.10 bits per heavy atom. The highest BCUT2D eigenvalue weighted by atomic mass is 35.5. The van der Waals surface area contributed by atoms with Gasteiger partial charge in [0, 0.05) is 24.3 Å². The molecular formula is C14H11ClN4O. The van der Waals surface area contributed by atoms with E-state index in [1.807, 2.05) is 12.1 Å². The number of benzene rings is 1. The Balaban J connectivity index is 2.04. The number of aromatic nitrogens is 3. The van der Waals surface area contributed by atoms with E-state index in [9.17, 15) is 0 Å². The van der Waals surface area contributed by atoms with Crippen molar-refractivity contribution < 1.29 is 4.74 Å².